The van der Waals surface area contributed by atoms with Gasteiger partial charge < -0.3 is 24.8 Å². The average molecular weight is 949 g/mol. The Hall–Kier alpha value is -5.23. The molecule has 4 fully saturated rings. The molecule has 0 spiro atoms. The average Bonchev–Trinajstić information content (AvgIpc) is 3.88. The number of carbonyl (C=O) groups excluding carboxylic acids is 3. The molecule has 0 aromatic heterocycles. The van der Waals surface area contributed by atoms with Crippen molar-refractivity contribution in [2.24, 2.45) is 23.7 Å². The molecule has 2 unspecified atom stereocenters. The predicted molar refractivity (Wildman–Crippen MR) is 261 cm³/mol. The molecule has 3 heterocycles. The Morgan fingerprint density at radius 3 is 1.82 bits per heavy atom. The van der Waals surface area contributed by atoms with Crippen molar-refractivity contribution in [1.29, 1.82) is 0 Å². The molecule has 8 nitrogen and oxygen atoms in total. The van der Waals surface area contributed by atoms with Crippen LogP contribution in [-0.2, 0) is 33.8 Å². The van der Waals surface area contributed by atoms with Gasteiger partial charge in [-0.15, -0.1) is 0 Å². The van der Waals surface area contributed by atoms with Crippen LogP contribution >= 0.6 is 23.2 Å². The van der Waals surface area contributed by atoms with E-state index in [9.17, 15) is 28.2 Å². The molecular formula is C54H58BCl2F2N3O5. The SMILES string of the molecule is CB(O)N1C(=O)C(C2CCCCC2)C[C@H]1Cc1ccc(-c2cc(Cl)ccc2F)cc1.O=C1N[C@H](Cc2ccc(-c3cc(Cl)ccc3F)cc2)CC1C1CCN(C(=O)OCc2ccccc2)CC1. The minimum absolute atomic E-state index is 0.00168. The number of ether oxygens (including phenoxy) is 1. The van der Waals surface area contributed by atoms with Gasteiger partial charge in [-0.25, -0.2) is 13.6 Å². The van der Waals surface area contributed by atoms with E-state index in [1.165, 1.54) is 37.5 Å². The summed E-state index contributed by atoms with van der Waals surface area (Å²) in [4.78, 5) is 41.7. The van der Waals surface area contributed by atoms with E-state index in [4.69, 9.17) is 27.9 Å². The number of halogens is 4. The molecular weight excluding hydrogens is 890 g/mol. The minimum atomic E-state index is -0.782. The molecule has 3 saturated heterocycles. The lowest BCUT2D eigenvalue weighted by molar-refractivity contribution is -0.130. The lowest BCUT2D eigenvalue weighted by Crippen LogP contribution is -2.45. The summed E-state index contributed by atoms with van der Waals surface area (Å²) in [5.41, 5.74) is 5.63. The van der Waals surface area contributed by atoms with Crippen molar-refractivity contribution in [3.8, 4) is 22.3 Å². The van der Waals surface area contributed by atoms with Crippen molar-refractivity contribution in [3.63, 3.8) is 0 Å². The molecule has 4 aliphatic rings. The highest BCUT2D eigenvalue weighted by Crippen LogP contribution is 2.40. The Morgan fingerprint density at radius 2 is 1.25 bits per heavy atom. The number of benzene rings is 5. The van der Waals surface area contributed by atoms with Gasteiger partial charge in [-0.2, -0.15) is 0 Å². The topological polar surface area (TPSA) is 99.2 Å². The molecule has 3 amide bonds. The Labute approximate surface area is 403 Å². The number of carbonyl (C=O) groups is 3. The second-order valence-corrected chi connectivity index (χ2v) is 19.6. The summed E-state index contributed by atoms with van der Waals surface area (Å²) in [6.07, 6.45) is 10.2. The zero-order valence-electron chi connectivity index (χ0n) is 37.9. The lowest BCUT2D eigenvalue weighted by Gasteiger charge is -2.33. The third kappa shape index (κ3) is 12.1. The highest BCUT2D eigenvalue weighted by molar-refractivity contribution is 6.49. The van der Waals surface area contributed by atoms with E-state index in [1.54, 1.807) is 34.7 Å². The molecule has 5 aromatic carbocycles. The highest BCUT2D eigenvalue weighted by Gasteiger charge is 2.46. The van der Waals surface area contributed by atoms with Crippen molar-refractivity contribution in [3.05, 3.63) is 154 Å². The molecule has 9 rings (SSSR count). The first kappa shape index (κ1) is 48.2. The first-order chi connectivity index (χ1) is 32.4. The number of hydrogen-bond donors (Lipinski definition) is 2. The van der Waals surface area contributed by atoms with E-state index >= 15 is 0 Å². The van der Waals surface area contributed by atoms with Crippen LogP contribution in [0.4, 0.5) is 13.6 Å². The van der Waals surface area contributed by atoms with Gasteiger partial charge in [-0.05, 0) is 134 Å². The lowest BCUT2D eigenvalue weighted by atomic mass is 9.78. The van der Waals surface area contributed by atoms with Gasteiger partial charge in [0.05, 0.1) is 0 Å². The number of nitrogens with zero attached hydrogens (tertiary/aromatic N) is 2. The smallest absolute Gasteiger partial charge is 0.411 e. The number of rotatable bonds is 11. The van der Waals surface area contributed by atoms with Crippen molar-refractivity contribution < 1.29 is 32.9 Å². The van der Waals surface area contributed by atoms with Crippen LogP contribution < -0.4 is 5.32 Å². The van der Waals surface area contributed by atoms with Gasteiger partial charge in [0.2, 0.25) is 11.8 Å². The zero-order valence-corrected chi connectivity index (χ0v) is 39.4. The summed E-state index contributed by atoms with van der Waals surface area (Å²) in [6, 6.07) is 34.3. The molecule has 0 radical (unpaired) electrons. The Morgan fingerprint density at radius 1 is 0.701 bits per heavy atom. The fraction of sp³-hybridized carbons (Fsp3) is 0.389. The quantitative estimate of drug-likeness (QED) is 0.129. The Kier molecular flexibility index (Phi) is 16.0. The van der Waals surface area contributed by atoms with Crippen LogP contribution in [0.2, 0.25) is 16.9 Å². The number of piperidine rings is 1. The minimum Gasteiger partial charge on any atom is -0.445 e. The van der Waals surface area contributed by atoms with Crippen LogP contribution in [0.5, 0.6) is 0 Å². The molecule has 350 valence electrons. The largest absolute Gasteiger partial charge is 0.445 e. The van der Waals surface area contributed by atoms with Crippen LogP contribution in [0, 0.1) is 35.3 Å². The van der Waals surface area contributed by atoms with E-state index in [0.717, 1.165) is 72.8 Å². The third-order valence-electron chi connectivity index (χ3n) is 14.2. The maximum atomic E-state index is 14.2. The number of likely N-dealkylation sites (tertiary alicyclic amines) is 1. The summed E-state index contributed by atoms with van der Waals surface area (Å²) in [5, 5.41) is 14.4. The highest BCUT2D eigenvalue weighted by atomic mass is 35.5. The van der Waals surface area contributed by atoms with Gasteiger partial charge in [0.1, 0.15) is 18.2 Å². The Bertz CT molecular complexity index is 2480. The van der Waals surface area contributed by atoms with Gasteiger partial charge in [-0.3, -0.25) is 9.59 Å². The number of nitrogens with one attached hydrogen (secondary N) is 1. The molecule has 3 aliphatic heterocycles. The fourth-order valence-corrected chi connectivity index (χ4v) is 11.1. The maximum Gasteiger partial charge on any atom is 0.411 e. The maximum absolute atomic E-state index is 14.2. The van der Waals surface area contributed by atoms with Crippen molar-refractivity contribution in [2.75, 3.05) is 13.1 Å². The van der Waals surface area contributed by atoms with Crippen LogP contribution in [0.15, 0.2) is 115 Å². The predicted octanol–water partition coefficient (Wildman–Crippen LogP) is 11.8. The molecule has 1 aliphatic carbocycles. The van der Waals surface area contributed by atoms with Crippen LogP contribution in [-0.4, -0.2) is 64.9 Å². The van der Waals surface area contributed by atoms with Crippen LogP contribution in [0.3, 0.4) is 0 Å². The molecule has 0 bridgehead atoms. The summed E-state index contributed by atoms with van der Waals surface area (Å²) in [5.74, 6) is 0.314. The van der Waals surface area contributed by atoms with E-state index in [1.807, 2.05) is 78.9 Å². The van der Waals surface area contributed by atoms with Crippen molar-refractivity contribution in [2.45, 2.75) is 96.1 Å². The summed E-state index contributed by atoms with van der Waals surface area (Å²) in [6.45, 7) is 3.16. The normalized spacial score (nSPS) is 21.2. The van der Waals surface area contributed by atoms with E-state index < -0.39 is 7.05 Å². The molecule has 5 aromatic rings. The van der Waals surface area contributed by atoms with Gasteiger partial charge in [0.15, 0.2) is 0 Å². The van der Waals surface area contributed by atoms with E-state index in [2.05, 4.69) is 5.32 Å². The second kappa shape index (κ2) is 22.3. The fourth-order valence-electron chi connectivity index (χ4n) is 10.7. The monoisotopic (exact) mass is 947 g/mol. The molecule has 13 heteroatoms. The van der Waals surface area contributed by atoms with Crippen LogP contribution in [0.25, 0.3) is 22.3 Å². The summed E-state index contributed by atoms with van der Waals surface area (Å²) >= 11 is 12.1. The third-order valence-corrected chi connectivity index (χ3v) is 14.7. The van der Waals surface area contributed by atoms with Crippen molar-refractivity contribution in [1.82, 2.24) is 15.0 Å². The number of amides is 3. The van der Waals surface area contributed by atoms with Crippen LogP contribution in [0.1, 0.15) is 74.5 Å². The Balaban J connectivity index is 0.000000186. The summed E-state index contributed by atoms with van der Waals surface area (Å²) in [7, 11) is -0.782. The molecule has 4 atom stereocenters. The first-order valence-corrected chi connectivity index (χ1v) is 24.5. The molecule has 1 saturated carbocycles. The number of hydrogen-bond acceptors (Lipinski definition) is 5. The zero-order chi connectivity index (χ0) is 47.0. The van der Waals surface area contributed by atoms with Gasteiger partial charge >= 0.3 is 13.1 Å². The van der Waals surface area contributed by atoms with E-state index in [0.29, 0.717) is 46.6 Å². The standard InChI is InChI=1S/C30H30ClFN2O3.C24H28BClFNO2/c31-24-10-11-28(32)26(17-24)22-8-6-20(7-9-22)16-25-18-27(29(35)33-25)23-12-14-34(15-13-23)30(36)37-19-21-4-2-1-3-5-21;1-25(30)28-20(15-22(24(28)29)17-5-3-2-4-6-17)13-16-7-9-18(10-8-16)21-14-19(26)11-12-23(21)27/h1-11,17,23,25,27H,12-16,18-19H2,(H,33,35);7-12,14,17,20,22,30H,2-6,13,15H2,1H3/t25-,27?;20-,22?/m11/s1. The van der Waals surface area contributed by atoms with Crippen molar-refractivity contribution >= 4 is 48.2 Å². The van der Waals surface area contributed by atoms with E-state index in [-0.39, 0.29) is 66.0 Å². The van der Waals surface area contributed by atoms with Gasteiger partial charge in [-0.1, -0.05) is 121 Å². The second-order valence-electron chi connectivity index (χ2n) is 18.7. The van der Waals surface area contributed by atoms with Gasteiger partial charge in [0.25, 0.3) is 0 Å². The van der Waals surface area contributed by atoms with Gasteiger partial charge in [0, 0.05) is 58.2 Å². The molecule has 2 N–H and O–H groups in total. The first-order valence-electron chi connectivity index (χ1n) is 23.7. The molecule has 67 heavy (non-hydrogen) atoms. The summed E-state index contributed by atoms with van der Waals surface area (Å²) < 4.78 is 33.8.